The summed E-state index contributed by atoms with van der Waals surface area (Å²) in [6.07, 6.45) is -4.88. The van der Waals surface area contributed by atoms with Crippen molar-refractivity contribution in [1.29, 1.82) is 0 Å². The maximum atomic E-state index is 13.3. The van der Waals surface area contributed by atoms with Crippen LogP contribution in [0.2, 0.25) is 0 Å². The molecule has 0 amide bonds. The molecule has 8 heteroatoms. The van der Waals surface area contributed by atoms with Gasteiger partial charge in [0.2, 0.25) is 0 Å². The number of alkyl halides is 3. The molecule has 0 aliphatic carbocycles. The lowest BCUT2D eigenvalue weighted by molar-refractivity contribution is -0.138. The first-order valence-corrected chi connectivity index (χ1v) is 10.9. The third-order valence-electron chi connectivity index (χ3n) is 6.06. The van der Waals surface area contributed by atoms with E-state index in [1.165, 1.54) is 12.1 Å². The Labute approximate surface area is 208 Å². The number of nitrogens with zero attached hydrogens (tertiary/aromatic N) is 2. The van der Waals surface area contributed by atoms with E-state index in [0.717, 1.165) is 33.8 Å². The molecule has 35 heavy (non-hydrogen) atoms. The van der Waals surface area contributed by atoms with Crippen LogP contribution in [0.1, 0.15) is 34.1 Å². The van der Waals surface area contributed by atoms with Gasteiger partial charge in [0, 0.05) is 17.6 Å². The van der Waals surface area contributed by atoms with Gasteiger partial charge < -0.3 is 9.67 Å². The largest absolute Gasteiger partial charge is 0.481 e. The van der Waals surface area contributed by atoms with E-state index in [-0.39, 0.29) is 31.5 Å². The number of para-hydroxylation sites is 1. The Hall–Kier alpha value is -3.29. The zero-order valence-corrected chi connectivity index (χ0v) is 20.1. The number of carbonyl (C=O) groups is 1. The van der Waals surface area contributed by atoms with E-state index in [1.54, 1.807) is 6.07 Å². The van der Waals surface area contributed by atoms with Crippen molar-refractivity contribution in [2.45, 2.75) is 32.2 Å². The Morgan fingerprint density at radius 1 is 1.00 bits per heavy atom. The predicted octanol–water partition coefficient (Wildman–Crippen LogP) is 6.70. The van der Waals surface area contributed by atoms with Crippen LogP contribution in [-0.4, -0.2) is 27.6 Å². The van der Waals surface area contributed by atoms with E-state index in [4.69, 9.17) is 0 Å². The second kappa shape index (κ2) is 10.5. The van der Waals surface area contributed by atoms with E-state index in [1.807, 2.05) is 73.5 Å². The monoisotopic (exact) mass is 502 g/mol. The fourth-order valence-corrected chi connectivity index (χ4v) is 4.60. The predicted molar refractivity (Wildman–Crippen MR) is 133 cm³/mol. The lowest BCUT2D eigenvalue weighted by Gasteiger charge is -2.32. The molecule has 4 aromatic rings. The average Bonchev–Trinajstić information content (AvgIpc) is 3.06. The van der Waals surface area contributed by atoms with Crippen LogP contribution in [0.25, 0.3) is 10.9 Å². The molecule has 0 saturated heterocycles. The summed E-state index contributed by atoms with van der Waals surface area (Å²) in [4.78, 5) is 13.6. The summed E-state index contributed by atoms with van der Waals surface area (Å²) in [6.45, 7) is 2.16. The molecule has 0 fully saturated rings. The summed E-state index contributed by atoms with van der Waals surface area (Å²) in [6, 6.07) is 22.7. The van der Waals surface area contributed by atoms with E-state index in [0.29, 0.717) is 5.56 Å². The minimum atomic E-state index is -4.41. The lowest BCUT2D eigenvalue weighted by Crippen LogP contribution is -2.30. The molecule has 0 bridgehead atoms. The summed E-state index contributed by atoms with van der Waals surface area (Å²) in [7, 11) is 1.86. The molecular formula is C27H26ClF3N2O2. The highest BCUT2D eigenvalue weighted by Crippen LogP contribution is 2.35. The highest BCUT2D eigenvalue weighted by atomic mass is 35.5. The van der Waals surface area contributed by atoms with Crippen LogP contribution in [-0.2, 0) is 23.9 Å². The SMILES string of the molecule is Cc1c(CC(=O)O)c2ccccc2n1C(c1ccccc1)N(C)Cc1cccc(C(F)(F)F)c1.Cl. The maximum absolute atomic E-state index is 13.3. The second-order valence-corrected chi connectivity index (χ2v) is 8.42. The molecule has 0 aliphatic heterocycles. The molecule has 1 atom stereocenters. The summed E-state index contributed by atoms with van der Waals surface area (Å²) < 4.78 is 41.9. The molecule has 0 spiro atoms. The van der Waals surface area contributed by atoms with Crippen molar-refractivity contribution in [2.24, 2.45) is 0 Å². The molecule has 3 aromatic carbocycles. The number of aliphatic carboxylic acids is 1. The van der Waals surface area contributed by atoms with Crippen molar-refractivity contribution in [2.75, 3.05) is 7.05 Å². The Bertz CT molecular complexity index is 1320. The van der Waals surface area contributed by atoms with Gasteiger partial charge in [-0.3, -0.25) is 9.69 Å². The van der Waals surface area contributed by atoms with Gasteiger partial charge in [0.15, 0.2) is 0 Å². The smallest absolute Gasteiger partial charge is 0.416 e. The molecular weight excluding hydrogens is 477 g/mol. The third-order valence-corrected chi connectivity index (χ3v) is 6.06. The Morgan fingerprint density at radius 2 is 1.66 bits per heavy atom. The summed E-state index contributed by atoms with van der Waals surface area (Å²) in [5.74, 6) is -0.917. The first kappa shape index (κ1) is 26.3. The van der Waals surface area contributed by atoms with Crippen LogP contribution < -0.4 is 0 Å². The lowest BCUT2D eigenvalue weighted by atomic mass is 10.1. The number of carboxylic acid groups (broad SMARTS) is 1. The van der Waals surface area contributed by atoms with Gasteiger partial charge in [-0.15, -0.1) is 12.4 Å². The van der Waals surface area contributed by atoms with Crippen LogP contribution in [0.15, 0.2) is 78.9 Å². The normalized spacial score (nSPS) is 12.5. The molecule has 1 aromatic heterocycles. The number of aromatic nitrogens is 1. The molecule has 1 N–H and O–H groups in total. The van der Waals surface area contributed by atoms with Gasteiger partial charge in [-0.2, -0.15) is 13.2 Å². The first-order valence-electron chi connectivity index (χ1n) is 10.9. The van der Waals surface area contributed by atoms with Crippen molar-refractivity contribution in [3.05, 3.63) is 107 Å². The van der Waals surface area contributed by atoms with Crippen LogP contribution >= 0.6 is 12.4 Å². The van der Waals surface area contributed by atoms with Crippen molar-refractivity contribution < 1.29 is 23.1 Å². The van der Waals surface area contributed by atoms with Gasteiger partial charge in [0.1, 0.15) is 6.17 Å². The molecule has 184 valence electrons. The van der Waals surface area contributed by atoms with E-state index in [9.17, 15) is 23.1 Å². The summed E-state index contributed by atoms with van der Waals surface area (Å²) in [5.41, 5.74) is 3.23. The highest BCUT2D eigenvalue weighted by molar-refractivity contribution is 5.89. The van der Waals surface area contributed by atoms with E-state index >= 15 is 0 Å². The van der Waals surface area contributed by atoms with Crippen molar-refractivity contribution >= 4 is 29.3 Å². The fraction of sp³-hybridized carbons (Fsp3) is 0.222. The minimum Gasteiger partial charge on any atom is -0.481 e. The van der Waals surface area contributed by atoms with Crippen LogP contribution in [0.3, 0.4) is 0 Å². The van der Waals surface area contributed by atoms with Gasteiger partial charge in [0.25, 0.3) is 0 Å². The van der Waals surface area contributed by atoms with Crippen LogP contribution in [0.5, 0.6) is 0 Å². The summed E-state index contributed by atoms with van der Waals surface area (Å²) in [5, 5.41) is 10.4. The zero-order chi connectivity index (χ0) is 24.5. The minimum absolute atomic E-state index is 0. The van der Waals surface area contributed by atoms with Crippen LogP contribution in [0.4, 0.5) is 13.2 Å². The van der Waals surface area contributed by atoms with Gasteiger partial charge in [-0.25, -0.2) is 0 Å². The molecule has 0 saturated carbocycles. The Kier molecular flexibility index (Phi) is 7.93. The Morgan fingerprint density at radius 3 is 2.31 bits per heavy atom. The number of hydrogen-bond acceptors (Lipinski definition) is 2. The topological polar surface area (TPSA) is 45.5 Å². The fourth-order valence-electron chi connectivity index (χ4n) is 4.60. The third kappa shape index (κ3) is 5.52. The number of hydrogen-bond donors (Lipinski definition) is 1. The van der Waals surface area contributed by atoms with Crippen molar-refractivity contribution in [3.8, 4) is 0 Å². The number of rotatable bonds is 7. The molecule has 4 rings (SSSR count). The number of carboxylic acids is 1. The van der Waals surface area contributed by atoms with E-state index < -0.39 is 17.7 Å². The van der Waals surface area contributed by atoms with Crippen molar-refractivity contribution in [1.82, 2.24) is 9.47 Å². The quantitative estimate of drug-likeness (QED) is 0.306. The maximum Gasteiger partial charge on any atom is 0.416 e. The standard InChI is InChI=1S/C27H25F3N2O2.ClH/c1-18-23(16-25(33)34)22-13-6-7-14-24(22)32(18)26(20-10-4-3-5-11-20)31(2)17-19-9-8-12-21(15-19)27(28,29)30;/h3-15,26H,16-17H2,1-2H3,(H,33,34);1H. The second-order valence-electron chi connectivity index (χ2n) is 8.42. The highest BCUT2D eigenvalue weighted by Gasteiger charge is 2.31. The molecule has 1 unspecified atom stereocenters. The van der Waals surface area contributed by atoms with Gasteiger partial charge in [-0.05, 0) is 42.8 Å². The zero-order valence-electron chi connectivity index (χ0n) is 19.3. The van der Waals surface area contributed by atoms with Gasteiger partial charge in [0.05, 0.1) is 17.5 Å². The molecule has 1 heterocycles. The molecule has 0 radical (unpaired) electrons. The Balaban J connectivity index is 0.00000342. The molecule has 0 aliphatic rings. The average molecular weight is 503 g/mol. The van der Waals surface area contributed by atoms with Crippen molar-refractivity contribution in [3.63, 3.8) is 0 Å². The first-order chi connectivity index (χ1) is 16.2. The van der Waals surface area contributed by atoms with Gasteiger partial charge in [-0.1, -0.05) is 66.7 Å². The number of benzene rings is 3. The van der Waals surface area contributed by atoms with E-state index in [2.05, 4.69) is 4.57 Å². The van der Waals surface area contributed by atoms with Crippen LogP contribution in [0, 0.1) is 6.92 Å². The number of halogens is 4. The summed E-state index contributed by atoms with van der Waals surface area (Å²) >= 11 is 0. The van der Waals surface area contributed by atoms with Gasteiger partial charge >= 0.3 is 12.1 Å². The molecule has 4 nitrogen and oxygen atoms in total. The number of fused-ring (bicyclic) bond motifs is 1.